The maximum Gasteiger partial charge on any atom is 0.375 e. The molecule has 1 aromatic heterocycles. The number of carbonyl (C=O) groups is 2. The molecule has 0 unspecified atom stereocenters. The van der Waals surface area contributed by atoms with Crippen LogP contribution in [0.25, 0.3) is 11.0 Å². The molecule has 0 saturated heterocycles. The van der Waals surface area contributed by atoms with Crippen LogP contribution in [-0.4, -0.2) is 18.0 Å². The average Bonchev–Trinajstić information content (AvgIpc) is 2.64. The van der Waals surface area contributed by atoms with Gasteiger partial charge in [-0.2, -0.15) is 0 Å². The van der Waals surface area contributed by atoms with Gasteiger partial charge in [-0.25, -0.2) is 9.18 Å². The first-order chi connectivity index (χ1) is 13.2. The number of hydrogen-bond donors (Lipinski definition) is 1. The number of anilines is 1. The molecule has 8 heteroatoms. The highest BCUT2D eigenvalue weighted by Crippen LogP contribution is 2.19. The smallest absolute Gasteiger partial charge is 0.375 e. The average molecular weight is 404 g/mol. The van der Waals surface area contributed by atoms with E-state index in [4.69, 9.17) is 20.8 Å². The van der Waals surface area contributed by atoms with E-state index in [-0.39, 0.29) is 22.1 Å². The Balaban J connectivity index is 1.74. The number of fused-ring (bicyclic) bond motifs is 1. The Morgan fingerprint density at radius 2 is 1.93 bits per heavy atom. The lowest BCUT2D eigenvalue weighted by atomic mass is 10.1. The van der Waals surface area contributed by atoms with E-state index in [1.54, 1.807) is 18.2 Å². The van der Waals surface area contributed by atoms with Crippen LogP contribution in [0.2, 0.25) is 5.02 Å². The molecule has 1 heterocycles. The molecule has 0 aliphatic heterocycles. The van der Waals surface area contributed by atoms with Gasteiger partial charge in [-0.05, 0) is 44.2 Å². The molecule has 6 nitrogen and oxygen atoms in total. The third-order valence-corrected chi connectivity index (χ3v) is 4.16. The Hall–Kier alpha value is -3.19. The Morgan fingerprint density at radius 3 is 2.64 bits per heavy atom. The highest BCUT2D eigenvalue weighted by Gasteiger charge is 2.22. The molecule has 0 aliphatic rings. The van der Waals surface area contributed by atoms with Gasteiger partial charge >= 0.3 is 5.97 Å². The van der Waals surface area contributed by atoms with Crippen molar-refractivity contribution in [3.05, 3.63) is 74.9 Å². The van der Waals surface area contributed by atoms with E-state index in [0.717, 1.165) is 17.7 Å². The summed E-state index contributed by atoms with van der Waals surface area (Å²) < 4.78 is 24.2. The Kier molecular flexibility index (Phi) is 5.46. The molecule has 0 bridgehead atoms. The minimum absolute atomic E-state index is 0.107. The molecule has 3 aromatic rings. The first kappa shape index (κ1) is 19.6. The monoisotopic (exact) mass is 403 g/mol. The molecule has 0 aliphatic carbocycles. The number of halogens is 2. The lowest BCUT2D eigenvalue weighted by Gasteiger charge is -2.13. The number of esters is 1. The largest absolute Gasteiger partial charge is 0.449 e. The van der Waals surface area contributed by atoms with Gasteiger partial charge in [0, 0.05) is 11.1 Å². The van der Waals surface area contributed by atoms with Crippen LogP contribution in [0.4, 0.5) is 10.1 Å². The standard InChI is InChI=1S/C20H15ClFNO5/c1-10-3-6-17-13(7-10)16(24)9-18(28-17)20(26)27-11(2)19(25)23-15-5-4-12(21)8-14(15)22/h3-9,11H,1-2H3,(H,23,25)/t11-/m0/s1. The second-order valence-corrected chi connectivity index (χ2v) is 6.57. The highest BCUT2D eigenvalue weighted by atomic mass is 35.5. The van der Waals surface area contributed by atoms with Gasteiger partial charge in [0.25, 0.3) is 5.91 Å². The molecule has 28 heavy (non-hydrogen) atoms. The quantitative estimate of drug-likeness (QED) is 0.663. The maximum atomic E-state index is 13.8. The van der Waals surface area contributed by atoms with Crippen LogP contribution in [0.3, 0.4) is 0 Å². The number of amides is 1. The summed E-state index contributed by atoms with van der Waals surface area (Å²) in [4.78, 5) is 36.6. The number of aryl methyl sites for hydroxylation is 1. The van der Waals surface area contributed by atoms with Crippen molar-refractivity contribution < 1.29 is 23.1 Å². The van der Waals surface area contributed by atoms with Crippen LogP contribution in [0.5, 0.6) is 0 Å². The summed E-state index contributed by atoms with van der Waals surface area (Å²) in [5.41, 5.74) is 0.586. The molecule has 0 radical (unpaired) electrons. The van der Waals surface area contributed by atoms with E-state index >= 15 is 0 Å². The number of carbonyl (C=O) groups excluding carboxylic acids is 2. The number of ether oxygens (including phenoxy) is 1. The van der Waals surface area contributed by atoms with E-state index < -0.39 is 29.2 Å². The SMILES string of the molecule is Cc1ccc2oc(C(=O)O[C@@H](C)C(=O)Nc3ccc(Cl)cc3F)cc(=O)c2c1. The van der Waals surface area contributed by atoms with Crippen LogP contribution in [0.15, 0.2) is 51.7 Å². The van der Waals surface area contributed by atoms with Gasteiger partial charge in [0.05, 0.1) is 11.1 Å². The van der Waals surface area contributed by atoms with Gasteiger partial charge in [-0.1, -0.05) is 23.2 Å². The van der Waals surface area contributed by atoms with Crippen molar-refractivity contribution in [1.29, 1.82) is 0 Å². The lowest BCUT2D eigenvalue weighted by Crippen LogP contribution is -2.30. The summed E-state index contributed by atoms with van der Waals surface area (Å²) in [5, 5.41) is 2.81. The molecular weight excluding hydrogens is 389 g/mol. The zero-order valence-corrected chi connectivity index (χ0v) is 15.7. The van der Waals surface area contributed by atoms with E-state index in [9.17, 15) is 18.8 Å². The van der Waals surface area contributed by atoms with Gasteiger partial charge in [-0.15, -0.1) is 0 Å². The van der Waals surface area contributed by atoms with Crippen molar-refractivity contribution in [1.82, 2.24) is 0 Å². The number of rotatable bonds is 4. The minimum atomic E-state index is -1.26. The molecular formula is C20H15ClFNO5. The van der Waals surface area contributed by atoms with Crippen molar-refractivity contribution in [3.63, 3.8) is 0 Å². The van der Waals surface area contributed by atoms with Gasteiger partial charge in [-0.3, -0.25) is 9.59 Å². The number of hydrogen-bond acceptors (Lipinski definition) is 5. The predicted molar refractivity (Wildman–Crippen MR) is 102 cm³/mol. The maximum absolute atomic E-state index is 13.8. The van der Waals surface area contributed by atoms with Crippen LogP contribution in [0, 0.1) is 12.7 Å². The molecule has 1 atom stereocenters. The van der Waals surface area contributed by atoms with Gasteiger partial charge < -0.3 is 14.5 Å². The Bertz CT molecular complexity index is 1140. The van der Waals surface area contributed by atoms with Crippen LogP contribution in [-0.2, 0) is 9.53 Å². The molecule has 2 aromatic carbocycles. The van der Waals surface area contributed by atoms with Gasteiger partial charge in [0.1, 0.15) is 11.4 Å². The first-order valence-electron chi connectivity index (χ1n) is 8.26. The molecule has 0 saturated carbocycles. The first-order valence-corrected chi connectivity index (χ1v) is 8.64. The van der Waals surface area contributed by atoms with E-state index in [1.807, 2.05) is 6.92 Å². The van der Waals surface area contributed by atoms with Crippen LogP contribution >= 0.6 is 11.6 Å². The molecule has 3 rings (SSSR count). The summed E-state index contributed by atoms with van der Waals surface area (Å²) >= 11 is 5.66. The number of nitrogens with one attached hydrogen (secondary N) is 1. The summed E-state index contributed by atoms with van der Waals surface area (Å²) in [7, 11) is 0. The molecule has 0 fully saturated rings. The fourth-order valence-corrected chi connectivity index (χ4v) is 2.63. The van der Waals surface area contributed by atoms with Gasteiger partial charge in [0.15, 0.2) is 11.5 Å². The lowest BCUT2D eigenvalue weighted by molar-refractivity contribution is -0.123. The van der Waals surface area contributed by atoms with Crippen molar-refractivity contribution in [3.8, 4) is 0 Å². The molecule has 1 amide bonds. The fraction of sp³-hybridized carbons (Fsp3) is 0.150. The Morgan fingerprint density at radius 1 is 1.18 bits per heavy atom. The summed E-state index contributed by atoms with van der Waals surface area (Å²) in [6.45, 7) is 3.13. The second kappa shape index (κ2) is 7.82. The highest BCUT2D eigenvalue weighted by molar-refractivity contribution is 6.30. The predicted octanol–water partition coefficient (Wildman–Crippen LogP) is 4.08. The fourth-order valence-electron chi connectivity index (χ4n) is 2.47. The van der Waals surface area contributed by atoms with Crippen LogP contribution in [0.1, 0.15) is 23.0 Å². The third-order valence-electron chi connectivity index (χ3n) is 3.93. The van der Waals surface area contributed by atoms with Crippen molar-refractivity contribution in [2.24, 2.45) is 0 Å². The zero-order valence-electron chi connectivity index (χ0n) is 14.9. The Labute approximate surface area is 163 Å². The second-order valence-electron chi connectivity index (χ2n) is 6.14. The van der Waals surface area contributed by atoms with Crippen molar-refractivity contribution in [2.75, 3.05) is 5.32 Å². The third kappa shape index (κ3) is 4.20. The van der Waals surface area contributed by atoms with E-state index in [2.05, 4.69) is 5.32 Å². The van der Waals surface area contributed by atoms with E-state index in [0.29, 0.717) is 5.39 Å². The summed E-state index contributed by atoms with van der Waals surface area (Å²) in [5.74, 6) is -2.80. The van der Waals surface area contributed by atoms with Crippen molar-refractivity contribution in [2.45, 2.75) is 20.0 Å². The molecule has 0 spiro atoms. The van der Waals surface area contributed by atoms with Crippen molar-refractivity contribution >= 4 is 40.1 Å². The summed E-state index contributed by atoms with van der Waals surface area (Å²) in [6, 6.07) is 9.69. The van der Waals surface area contributed by atoms with Gasteiger partial charge in [0.2, 0.25) is 5.76 Å². The molecule has 144 valence electrons. The van der Waals surface area contributed by atoms with Crippen LogP contribution < -0.4 is 10.7 Å². The summed E-state index contributed by atoms with van der Waals surface area (Å²) in [6.07, 6.45) is -1.26. The molecule has 1 N–H and O–H groups in total. The zero-order chi connectivity index (χ0) is 20.4. The van der Waals surface area contributed by atoms with E-state index in [1.165, 1.54) is 19.1 Å². The number of benzene rings is 2. The normalized spacial score (nSPS) is 11.9. The topological polar surface area (TPSA) is 85.6 Å². The minimum Gasteiger partial charge on any atom is -0.449 e.